The Hall–Kier alpha value is -0.460. The van der Waals surface area contributed by atoms with E-state index in [1.165, 1.54) is 0 Å². The van der Waals surface area contributed by atoms with Gasteiger partial charge in [-0.1, -0.05) is 0 Å². The van der Waals surface area contributed by atoms with E-state index in [9.17, 15) is 4.79 Å². The molecule has 2 rings (SSSR count). The molecule has 2 unspecified atom stereocenters. The number of likely N-dealkylation sites (tertiary alicyclic amines) is 1. The van der Waals surface area contributed by atoms with Gasteiger partial charge < -0.3 is 10.6 Å². The molecule has 0 aliphatic carbocycles. The van der Waals surface area contributed by atoms with Gasteiger partial charge in [0.15, 0.2) is 0 Å². The molecule has 1 aromatic rings. The third-order valence-corrected chi connectivity index (χ3v) is 4.66. The van der Waals surface area contributed by atoms with Crippen LogP contribution in [0.3, 0.4) is 0 Å². The third kappa shape index (κ3) is 3.23. The summed E-state index contributed by atoms with van der Waals surface area (Å²) in [5.41, 5.74) is 7.18. The summed E-state index contributed by atoms with van der Waals surface area (Å²) in [7, 11) is 0. The molecular formula is C14H19Br2N3O. The van der Waals surface area contributed by atoms with Crippen LogP contribution in [0, 0.1) is 0 Å². The minimum Gasteiger partial charge on any atom is -0.330 e. The molecule has 0 aromatic carbocycles. The lowest BCUT2D eigenvalue weighted by Gasteiger charge is -2.36. The number of nitrogens with zero attached hydrogens (tertiary/aromatic N) is 2. The van der Waals surface area contributed by atoms with Crippen LogP contribution < -0.4 is 5.73 Å². The molecule has 0 radical (unpaired) electrons. The number of amides is 1. The standard InChI is InChI=1S/C14H19Br2N3O/c1-8(2)19-12(20)5-3-4-11(17)14(19)13-10(16)6-9(15)7-18-13/h6-8,11,14H,3-5,17H2,1-2H3. The van der Waals surface area contributed by atoms with Gasteiger partial charge in [0.25, 0.3) is 0 Å². The zero-order valence-electron chi connectivity index (χ0n) is 11.6. The molecular weight excluding hydrogens is 386 g/mol. The lowest BCUT2D eigenvalue weighted by Crippen LogP contribution is -2.46. The van der Waals surface area contributed by atoms with Gasteiger partial charge in [-0.25, -0.2) is 0 Å². The van der Waals surface area contributed by atoms with Gasteiger partial charge in [0.1, 0.15) is 0 Å². The minimum absolute atomic E-state index is 0.0891. The highest BCUT2D eigenvalue weighted by Gasteiger charge is 2.36. The van der Waals surface area contributed by atoms with Crippen molar-refractivity contribution in [3.63, 3.8) is 0 Å². The first kappa shape index (κ1) is 15.9. The quantitative estimate of drug-likeness (QED) is 0.821. The Labute approximate surface area is 136 Å². The molecule has 4 nitrogen and oxygen atoms in total. The van der Waals surface area contributed by atoms with Crippen molar-refractivity contribution in [1.29, 1.82) is 0 Å². The predicted molar refractivity (Wildman–Crippen MR) is 86.2 cm³/mol. The molecule has 1 aromatic heterocycles. The number of carbonyl (C=O) groups is 1. The molecule has 110 valence electrons. The fourth-order valence-electron chi connectivity index (χ4n) is 2.72. The SMILES string of the molecule is CC(C)N1C(=O)CCCC(N)C1c1ncc(Br)cc1Br. The second-order valence-electron chi connectivity index (χ2n) is 5.42. The topological polar surface area (TPSA) is 59.2 Å². The van der Waals surface area contributed by atoms with E-state index in [2.05, 4.69) is 36.8 Å². The number of nitrogens with two attached hydrogens (primary N) is 1. The molecule has 1 amide bonds. The van der Waals surface area contributed by atoms with Crippen LogP contribution in [0.5, 0.6) is 0 Å². The highest BCUT2D eigenvalue weighted by atomic mass is 79.9. The smallest absolute Gasteiger partial charge is 0.223 e. The van der Waals surface area contributed by atoms with Crippen molar-refractivity contribution in [3.05, 3.63) is 26.9 Å². The minimum atomic E-state index is -0.174. The van der Waals surface area contributed by atoms with E-state index in [1.54, 1.807) is 6.20 Å². The number of aromatic nitrogens is 1. The number of hydrogen-bond acceptors (Lipinski definition) is 3. The number of rotatable bonds is 2. The van der Waals surface area contributed by atoms with E-state index in [1.807, 2.05) is 24.8 Å². The van der Waals surface area contributed by atoms with Crippen LogP contribution in [0.25, 0.3) is 0 Å². The summed E-state index contributed by atoms with van der Waals surface area (Å²) in [6.45, 7) is 4.05. The van der Waals surface area contributed by atoms with Crippen LogP contribution in [0.4, 0.5) is 0 Å². The van der Waals surface area contributed by atoms with Crippen molar-refractivity contribution in [2.75, 3.05) is 0 Å². The normalized spacial score (nSPS) is 24.1. The van der Waals surface area contributed by atoms with E-state index in [0.29, 0.717) is 6.42 Å². The summed E-state index contributed by atoms with van der Waals surface area (Å²) in [6, 6.07) is 1.79. The molecule has 0 spiro atoms. The van der Waals surface area contributed by atoms with Crippen LogP contribution >= 0.6 is 31.9 Å². The maximum atomic E-state index is 12.4. The molecule has 0 saturated carbocycles. The molecule has 1 aliphatic heterocycles. The molecule has 2 N–H and O–H groups in total. The highest BCUT2D eigenvalue weighted by molar-refractivity contribution is 9.11. The maximum Gasteiger partial charge on any atom is 0.223 e. The van der Waals surface area contributed by atoms with E-state index < -0.39 is 0 Å². The Bertz CT molecular complexity index is 507. The van der Waals surface area contributed by atoms with Gasteiger partial charge in [0.2, 0.25) is 5.91 Å². The van der Waals surface area contributed by atoms with Crippen molar-refractivity contribution >= 4 is 37.8 Å². The number of hydrogen-bond donors (Lipinski definition) is 1. The Morgan fingerprint density at radius 1 is 1.45 bits per heavy atom. The zero-order valence-corrected chi connectivity index (χ0v) is 14.8. The summed E-state index contributed by atoms with van der Waals surface area (Å²) in [4.78, 5) is 18.8. The molecule has 2 heterocycles. The molecule has 1 aliphatic rings. The molecule has 6 heteroatoms. The van der Waals surface area contributed by atoms with Crippen molar-refractivity contribution in [2.45, 2.75) is 51.2 Å². The monoisotopic (exact) mass is 403 g/mol. The van der Waals surface area contributed by atoms with Crippen LogP contribution in [0.2, 0.25) is 0 Å². The fourth-order valence-corrected chi connectivity index (χ4v) is 3.95. The lowest BCUT2D eigenvalue weighted by atomic mass is 9.99. The molecule has 0 bridgehead atoms. The number of carbonyl (C=O) groups excluding carboxylic acids is 1. The second-order valence-corrected chi connectivity index (χ2v) is 7.19. The van der Waals surface area contributed by atoms with Gasteiger partial charge in [-0.2, -0.15) is 0 Å². The molecule has 1 saturated heterocycles. The average molecular weight is 405 g/mol. The second kappa shape index (κ2) is 6.54. The summed E-state index contributed by atoms with van der Waals surface area (Å²) in [5.74, 6) is 0.162. The first-order valence-electron chi connectivity index (χ1n) is 6.79. The molecule has 1 fully saturated rings. The van der Waals surface area contributed by atoms with Gasteiger partial charge in [-0.3, -0.25) is 9.78 Å². The Morgan fingerprint density at radius 2 is 2.15 bits per heavy atom. The van der Waals surface area contributed by atoms with E-state index >= 15 is 0 Å². The molecule has 20 heavy (non-hydrogen) atoms. The van der Waals surface area contributed by atoms with Gasteiger partial charge >= 0.3 is 0 Å². The third-order valence-electron chi connectivity index (χ3n) is 3.59. The van der Waals surface area contributed by atoms with Gasteiger partial charge in [0.05, 0.1) is 11.7 Å². The predicted octanol–water partition coefficient (Wildman–Crippen LogP) is 3.40. The highest BCUT2D eigenvalue weighted by Crippen LogP contribution is 2.35. The average Bonchev–Trinajstić information content (AvgIpc) is 2.49. The summed E-state index contributed by atoms with van der Waals surface area (Å²) in [5, 5.41) is 0. The summed E-state index contributed by atoms with van der Waals surface area (Å²) < 4.78 is 1.78. The van der Waals surface area contributed by atoms with Crippen molar-refractivity contribution in [1.82, 2.24) is 9.88 Å². The largest absolute Gasteiger partial charge is 0.330 e. The van der Waals surface area contributed by atoms with E-state index in [-0.39, 0.29) is 24.0 Å². The Balaban J connectivity index is 2.48. The van der Waals surface area contributed by atoms with Crippen molar-refractivity contribution < 1.29 is 4.79 Å². The Kier molecular flexibility index (Phi) is 5.20. The van der Waals surface area contributed by atoms with E-state index in [4.69, 9.17) is 5.73 Å². The van der Waals surface area contributed by atoms with Crippen molar-refractivity contribution in [3.8, 4) is 0 Å². The first-order chi connectivity index (χ1) is 9.41. The molecule has 2 atom stereocenters. The van der Waals surface area contributed by atoms with Crippen molar-refractivity contribution in [2.24, 2.45) is 5.73 Å². The fraction of sp³-hybridized carbons (Fsp3) is 0.571. The van der Waals surface area contributed by atoms with Gasteiger partial charge in [-0.05, 0) is 64.6 Å². The zero-order chi connectivity index (χ0) is 14.9. The van der Waals surface area contributed by atoms with Gasteiger partial charge in [-0.15, -0.1) is 0 Å². The lowest BCUT2D eigenvalue weighted by molar-refractivity contribution is -0.135. The number of pyridine rings is 1. The van der Waals surface area contributed by atoms with Crippen LogP contribution in [-0.2, 0) is 4.79 Å². The number of halogens is 2. The first-order valence-corrected chi connectivity index (χ1v) is 8.38. The van der Waals surface area contributed by atoms with Crippen LogP contribution in [-0.4, -0.2) is 27.9 Å². The summed E-state index contributed by atoms with van der Waals surface area (Å²) in [6.07, 6.45) is 3.99. The Morgan fingerprint density at radius 3 is 2.75 bits per heavy atom. The van der Waals surface area contributed by atoms with Crippen LogP contribution in [0.15, 0.2) is 21.2 Å². The van der Waals surface area contributed by atoms with Crippen LogP contribution in [0.1, 0.15) is 44.8 Å². The summed E-state index contributed by atoms with van der Waals surface area (Å²) >= 11 is 6.95. The van der Waals surface area contributed by atoms with E-state index in [0.717, 1.165) is 27.5 Å². The van der Waals surface area contributed by atoms with Gasteiger partial charge in [0, 0.05) is 33.6 Å². The maximum absolute atomic E-state index is 12.4.